The normalized spacial score (nSPS) is 11.5. The van der Waals surface area contributed by atoms with Gasteiger partial charge in [-0.25, -0.2) is 13.4 Å². The molecular weight excluding hydrogens is 470 g/mol. The Hall–Kier alpha value is -3.30. The molecule has 0 fully saturated rings. The molecule has 0 atom stereocenters. The average Bonchev–Trinajstić information content (AvgIpc) is 3.30. The highest BCUT2D eigenvalue weighted by molar-refractivity contribution is 7.91. The Morgan fingerprint density at radius 1 is 1.06 bits per heavy atom. The third-order valence-electron chi connectivity index (χ3n) is 5.40. The van der Waals surface area contributed by atoms with E-state index in [1.807, 2.05) is 37.3 Å². The fraction of sp³-hybridized carbons (Fsp3) is 0.240. The Morgan fingerprint density at radius 3 is 2.53 bits per heavy atom. The molecule has 2 heterocycles. The van der Waals surface area contributed by atoms with Gasteiger partial charge in [0.05, 0.1) is 34.7 Å². The molecule has 0 radical (unpaired) electrons. The number of carbonyl (C=O) groups excluding carboxylic acids is 1. The van der Waals surface area contributed by atoms with Crippen molar-refractivity contribution in [3.8, 4) is 5.75 Å². The molecule has 0 unspecified atom stereocenters. The fourth-order valence-electron chi connectivity index (χ4n) is 3.59. The Morgan fingerprint density at radius 2 is 1.82 bits per heavy atom. The number of hydrogen-bond acceptors (Lipinski definition) is 7. The summed E-state index contributed by atoms with van der Waals surface area (Å²) in [7, 11) is -1.86. The van der Waals surface area contributed by atoms with Gasteiger partial charge in [0.2, 0.25) is 5.91 Å². The van der Waals surface area contributed by atoms with E-state index in [-0.39, 0.29) is 35.9 Å². The zero-order valence-corrected chi connectivity index (χ0v) is 20.6. The van der Waals surface area contributed by atoms with Gasteiger partial charge in [0.1, 0.15) is 11.3 Å². The lowest BCUT2D eigenvalue weighted by molar-refractivity contribution is -0.118. The van der Waals surface area contributed by atoms with Crippen LogP contribution in [0.2, 0.25) is 0 Å². The molecular formula is C25H25N3O4S2. The summed E-state index contributed by atoms with van der Waals surface area (Å²) in [5.74, 6) is 0.333. The summed E-state index contributed by atoms with van der Waals surface area (Å²) >= 11 is 1.41. The number of sulfone groups is 1. The number of anilines is 1. The van der Waals surface area contributed by atoms with Gasteiger partial charge in [0, 0.05) is 12.6 Å². The number of rotatable bonds is 9. The maximum Gasteiger partial charge on any atom is 0.229 e. The summed E-state index contributed by atoms with van der Waals surface area (Å²) in [5.41, 5.74) is 2.46. The number of hydrogen-bond donors (Lipinski definition) is 0. The molecule has 0 N–H and O–H groups in total. The maximum atomic E-state index is 13.3. The van der Waals surface area contributed by atoms with Gasteiger partial charge in [-0.05, 0) is 49.2 Å². The van der Waals surface area contributed by atoms with Gasteiger partial charge in [-0.1, -0.05) is 41.7 Å². The summed E-state index contributed by atoms with van der Waals surface area (Å²) in [6, 6.07) is 17.6. The second kappa shape index (κ2) is 10.3. The lowest BCUT2D eigenvalue weighted by Gasteiger charge is -2.19. The van der Waals surface area contributed by atoms with Crippen LogP contribution in [0, 0.1) is 6.92 Å². The van der Waals surface area contributed by atoms with E-state index in [2.05, 4.69) is 4.98 Å². The van der Waals surface area contributed by atoms with Gasteiger partial charge >= 0.3 is 0 Å². The third kappa shape index (κ3) is 5.26. The van der Waals surface area contributed by atoms with Crippen molar-refractivity contribution < 1.29 is 17.9 Å². The predicted molar refractivity (Wildman–Crippen MR) is 134 cm³/mol. The van der Waals surface area contributed by atoms with E-state index in [4.69, 9.17) is 9.72 Å². The number of fused-ring (bicyclic) bond motifs is 1. The van der Waals surface area contributed by atoms with E-state index in [1.54, 1.807) is 48.5 Å². The van der Waals surface area contributed by atoms with E-state index in [1.165, 1.54) is 11.3 Å². The fourth-order valence-corrected chi connectivity index (χ4v) is 5.99. The first-order valence-corrected chi connectivity index (χ1v) is 13.3. The minimum Gasteiger partial charge on any atom is -0.494 e. The molecule has 0 aliphatic rings. The van der Waals surface area contributed by atoms with E-state index in [9.17, 15) is 13.2 Å². The van der Waals surface area contributed by atoms with Gasteiger partial charge in [-0.2, -0.15) is 0 Å². The molecule has 0 aliphatic heterocycles. The molecule has 0 saturated heterocycles. The largest absolute Gasteiger partial charge is 0.494 e. The molecule has 0 saturated carbocycles. The van der Waals surface area contributed by atoms with Crippen molar-refractivity contribution in [3.05, 3.63) is 78.1 Å². The van der Waals surface area contributed by atoms with Crippen molar-refractivity contribution in [2.45, 2.75) is 31.2 Å². The van der Waals surface area contributed by atoms with E-state index >= 15 is 0 Å². The molecule has 7 nitrogen and oxygen atoms in total. The summed E-state index contributed by atoms with van der Waals surface area (Å²) in [6.07, 6.45) is 1.96. The first kappa shape index (κ1) is 23.8. The van der Waals surface area contributed by atoms with Crippen LogP contribution in [-0.2, 0) is 21.2 Å². The summed E-state index contributed by atoms with van der Waals surface area (Å²) in [5, 5.41) is 0.532. The Labute approximate surface area is 203 Å². The minimum absolute atomic E-state index is 0.0743. The summed E-state index contributed by atoms with van der Waals surface area (Å²) in [6.45, 7) is 2.23. The molecule has 176 valence electrons. The van der Waals surface area contributed by atoms with Crippen molar-refractivity contribution in [2.75, 3.05) is 17.8 Å². The number of carbonyl (C=O) groups is 1. The van der Waals surface area contributed by atoms with E-state index in [0.717, 1.165) is 16.0 Å². The first-order valence-electron chi connectivity index (χ1n) is 10.8. The van der Waals surface area contributed by atoms with Crippen LogP contribution in [-0.4, -0.2) is 37.2 Å². The lowest BCUT2D eigenvalue weighted by atomic mass is 10.2. The van der Waals surface area contributed by atoms with Crippen molar-refractivity contribution in [2.24, 2.45) is 0 Å². The summed E-state index contributed by atoms with van der Waals surface area (Å²) in [4.78, 5) is 24.2. The van der Waals surface area contributed by atoms with Crippen molar-refractivity contribution in [3.63, 3.8) is 0 Å². The molecule has 0 aliphatic carbocycles. The minimum atomic E-state index is -3.45. The highest BCUT2D eigenvalue weighted by Gasteiger charge is 2.23. The molecule has 34 heavy (non-hydrogen) atoms. The van der Waals surface area contributed by atoms with Crippen LogP contribution in [0.4, 0.5) is 5.13 Å². The smallest absolute Gasteiger partial charge is 0.229 e. The van der Waals surface area contributed by atoms with Crippen LogP contribution in [0.1, 0.15) is 24.1 Å². The number of aromatic nitrogens is 2. The van der Waals surface area contributed by atoms with Crippen molar-refractivity contribution in [1.82, 2.24) is 9.97 Å². The number of benzene rings is 2. The second-order valence-corrected chi connectivity index (χ2v) is 10.9. The van der Waals surface area contributed by atoms with Crippen LogP contribution >= 0.6 is 11.3 Å². The standard InChI is InChI=1S/C25H25N3O4S2/c1-18-13-14-21(32-2)23-24(18)33-25(27-23)28(17-19-9-6-7-15-26-19)22(29)12-8-16-34(30,31)20-10-4-3-5-11-20/h3-7,9-11,13-15H,8,12,16-17H2,1-2H3. The van der Waals surface area contributed by atoms with Crippen molar-refractivity contribution >= 4 is 42.4 Å². The lowest BCUT2D eigenvalue weighted by Crippen LogP contribution is -2.30. The first-order chi connectivity index (χ1) is 16.4. The Bertz CT molecular complexity index is 1390. The van der Waals surface area contributed by atoms with E-state index < -0.39 is 9.84 Å². The zero-order chi connectivity index (χ0) is 24.1. The van der Waals surface area contributed by atoms with Crippen LogP contribution in [0.5, 0.6) is 5.75 Å². The number of thiazole rings is 1. The topological polar surface area (TPSA) is 89.5 Å². The molecule has 0 spiro atoms. The molecule has 1 amide bonds. The molecule has 4 rings (SSSR count). The quantitative estimate of drug-likeness (QED) is 0.332. The maximum absolute atomic E-state index is 13.3. The van der Waals surface area contributed by atoms with Crippen LogP contribution in [0.15, 0.2) is 71.8 Å². The Balaban J connectivity index is 1.58. The third-order valence-corrected chi connectivity index (χ3v) is 8.43. The van der Waals surface area contributed by atoms with Gasteiger partial charge < -0.3 is 4.74 Å². The number of ether oxygens (including phenoxy) is 1. The molecule has 2 aromatic carbocycles. The molecule has 0 bridgehead atoms. The SMILES string of the molecule is COc1ccc(C)c2sc(N(Cc3ccccn3)C(=O)CCCS(=O)(=O)c3ccccc3)nc12. The van der Waals surface area contributed by atoms with Gasteiger partial charge in [0.15, 0.2) is 15.0 Å². The highest BCUT2D eigenvalue weighted by Crippen LogP contribution is 2.37. The highest BCUT2D eigenvalue weighted by atomic mass is 32.2. The van der Waals surface area contributed by atoms with Gasteiger partial charge in [0.25, 0.3) is 0 Å². The van der Waals surface area contributed by atoms with Crippen molar-refractivity contribution in [1.29, 1.82) is 0 Å². The number of amides is 1. The molecule has 2 aromatic heterocycles. The van der Waals surface area contributed by atoms with Gasteiger partial charge in [-0.3, -0.25) is 14.7 Å². The summed E-state index contributed by atoms with van der Waals surface area (Å²) < 4.78 is 31.6. The predicted octanol–water partition coefficient (Wildman–Crippen LogP) is 4.80. The van der Waals surface area contributed by atoms with Gasteiger partial charge in [-0.15, -0.1) is 0 Å². The zero-order valence-electron chi connectivity index (χ0n) is 19.0. The average molecular weight is 496 g/mol. The number of methoxy groups -OCH3 is 1. The van der Waals surface area contributed by atoms with Crippen LogP contribution in [0.3, 0.4) is 0 Å². The van der Waals surface area contributed by atoms with Crippen LogP contribution < -0.4 is 9.64 Å². The molecule has 9 heteroatoms. The second-order valence-electron chi connectivity index (χ2n) is 7.80. The molecule has 4 aromatic rings. The monoisotopic (exact) mass is 495 g/mol. The number of aryl methyl sites for hydroxylation is 1. The Kier molecular flexibility index (Phi) is 7.23. The van der Waals surface area contributed by atoms with E-state index in [0.29, 0.717) is 16.4 Å². The number of pyridine rings is 1. The van der Waals surface area contributed by atoms with Crippen LogP contribution in [0.25, 0.3) is 10.2 Å². The number of nitrogens with zero attached hydrogens (tertiary/aromatic N) is 3.